The lowest BCUT2D eigenvalue weighted by Gasteiger charge is -2.03. The zero-order valence-corrected chi connectivity index (χ0v) is 8.52. The predicted molar refractivity (Wildman–Crippen MR) is 58.9 cm³/mol. The molecule has 2 nitrogen and oxygen atoms in total. The molecule has 0 saturated heterocycles. The highest BCUT2D eigenvalue weighted by Crippen LogP contribution is 2.21. The van der Waals surface area contributed by atoms with Crippen molar-refractivity contribution in [3.05, 3.63) is 54.1 Å². The molecule has 2 rings (SSSR count). The summed E-state index contributed by atoms with van der Waals surface area (Å²) in [5, 5.41) is 8.58. The minimum Gasteiger partial charge on any atom is -0.264 e. The van der Waals surface area contributed by atoms with E-state index in [-0.39, 0.29) is 12.2 Å². The van der Waals surface area contributed by atoms with E-state index < -0.39 is 0 Å². The summed E-state index contributed by atoms with van der Waals surface area (Å²) in [6, 6.07) is 10.4. The second-order valence-electron chi connectivity index (χ2n) is 3.38. The molecule has 0 aliphatic rings. The standard InChI is InChI=1S/C13H9FN2/c14-13-4-3-10(8-11(13)5-6-15)12-2-1-7-16-9-12/h1-4,7-9H,5H2. The van der Waals surface area contributed by atoms with Crippen LogP contribution in [0, 0.1) is 17.1 Å². The average Bonchev–Trinajstić information content (AvgIpc) is 2.33. The fourth-order valence-corrected chi connectivity index (χ4v) is 1.51. The molecule has 0 N–H and O–H groups in total. The zero-order chi connectivity index (χ0) is 11.4. The van der Waals surface area contributed by atoms with E-state index in [0.717, 1.165) is 11.1 Å². The monoisotopic (exact) mass is 212 g/mol. The molecule has 16 heavy (non-hydrogen) atoms. The average molecular weight is 212 g/mol. The Morgan fingerprint density at radius 2 is 2.12 bits per heavy atom. The lowest BCUT2D eigenvalue weighted by molar-refractivity contribution is 0.615. The van der Waals surface area contributed by atoms with Crippen LogP contribution >= 0.6 is 0 Å². The third-order valence-corrected chi connectivity index (χ3v) is 2.31. The molecule has 0 atom stereocenters. The van der Waals surface area contributed by atoms with Gasteiger partial charge in [0.15, 0.2) is 0 Å². The highest BCUT2D eigenvalue weighted by Gasteiger charge is 2.04. The molecule has 0 bridgehead atoms. The Morgan fingerprint density at radius 3 is 2.81 bits per heavy atom. The molecule has 0 radical (unpaired) electrons. The van der Waals surface area contributed by atoms with Gasteiger partial charge in [0.1, 0.15) is 5.82 Å². The summed E-state index contributed by atoms with van der Waals surface area (Å²) >= 11 is 0. The van der Waals surface area contributed by atoms with Gasteiger partial charge < -0.3 is 0 Å². The summed E-state index contributed by atoms with van der Waals surface area (Å²) in [6.07, 6.45) is 3.48. The zero-order valence-electron chi connectivity index (χ0n) is 8.52. The van der Waals surface area contributed by atoms with E-state index in [1.54, 1.807) is 24.5 Å². The number of benzene rings is 1. The van der Waals surface area contributed by atoms with Crippen LogP contribution in [0.25, 0.3) is 11.1 Å². The molecule has 2 aromatic rings. The Hall–Kier alpha value is -2.21. The Bertz CT molecular complexity index is 529. The van der Waals surface area contributed by atoms with Crippen molar-refractivity contribution in [3.63, 3.8) is 0 Å². The van der Waals surface area contributed by atoms with Crippen LogP contribution in [0.3, 0.4) is 0 Å². The van der Waals surface area contributed by atoms with E-state index in [0.29, 0.717) is 5.56 Å². The summed E-state index contributed by atoms with van der Waals surface area (Å²) in [5.41, 5.74) is 2.21. The van der Waals surface area contributed by atoms with Gasteiger partial charge in [-0.3, -0.25) is 4.98 Å². The number of nitriles is 1. The number of halogens is 1. The number of rotatable bonds is 2. The van der Waals surface area contributed by atoms with Gasteiger partial charge in [0.2, 0.25) is 0 Å². The molecule has 1 heterocycles. The van der Waals surface area contributed by atoms with Crippen LogP contribution < -0.4 is 0 Å². The van der Waals surface area contributed by atoms with E-state index in [1.807, 2.05) is 18.2 Å². The molecule has 3 heteroatoms. The number of aromatic nitrogens is 1. The molecular formula is C13H9FN2. The van der Waals surface area contributed by atoms with Crippen LogP contribution in [-0.4, -0.2) is 4.98 Å². The van der Waals surface area contributed by atoms with Gasteiger partial charge in [-0.2, -0.15) is 5.26 Å². The smallest absolute Gasteiger partial charge is 0.127 e. The van der Waals surface area contributed by atoms with Gasteiger partial charge in [-0.25, -0.2) is 4.39 Å². The maximum Gasteiger partial charge on any atom is 0.127 e. The first-order valence-corrected chi connectivity index (χ1v) is 4.87. The molecule has 0 unspecified atom stereocenters. The van der Waals surface area contributed by atoms with Crippen molar-refractivity contribution >= 4 is 0 Å². The minimum atomic E-state index is -0.339. The van der Waals surface area contributed by atoms with Crippen LogP contribution in [-0.2, 0) is 6.42 Å². The van der Waals surface area contributed by atoms with Crippen molar-refractivity contribution < 1.29 is 4.39 Å². The molecule has 1 aromatic carbocycles. The van der Waals surface area contributed by atoms with E-state index in [9.17, 15) is 4.39 Å². The maximum atomic E-state index is 13.3. The first kappa shape index (κ1) is 10.3. The summed E-state index contributed by atoms with van der Waals surface area (Å²) in [6.45, 7) is 0. The van der Waals surface area contributed by atoms with Gasteiger partial charge in [-0.05, 0) is 29.3 Å². The number of nitrogens with zero attached hydrogens (tertiary/aromatic N) is 2. The van der Waals surface area contributed by atoms with Crippen molar-refractivity contribution in [2.45, 2.75) is 6.42 Å². The van der Waals surface area contributed by atoms with Gasteiger partial charge in [0.25, 0.3) is 0 Å². The fourth-order valence-electron chi connectivity index (χ4n) is 1.51. The lowest BCUT2D eigenvalue weighted by Crippen LogP contribution is -1.90. The Kier molecular flexibility index (Phi) is 2.93. The normalized spacial score (nSPS) is 9.75. The van der Waals surface area contributed by atoms with Crippen molar-refractivity contribution in [3.8, 4) is 17.2 Å². The van der Waals surface area contributed by atoms with Gasteiger partial charge in [0, 0.05) is 18.0 Å². The lowest BCUT2D eigenvalue weighted by atomic mass is 10.0. The van der Waals surface area contributed by atoms with Crippen molar-refractivity contribution in [2.75, 3.05) is 0 Å². The molecule has 0 aliphatic carbocycles. The first-order valence-electron chi connectivity index (χ1n) is 4.87. The summed E-state index contributed by atoms with van der Waals surface area (Å²) in [5.74, 6) is -0.339. The first-order chi connectivity index (χ1) is 7.81. The van der Waals surface area contributed by atoms with Crippen molar-refractivity contribution in [2.24, 2.45) is 0 Å². The van der Waals surface area contributed by atoms with E-state index in [2.05, 4.69) is 4.98 Å². The van der Waals surface area contributed by atoms with E-state index >= 15 is 0 Å². The Labute approximate surface area is 93.0 Å². The second kappa shape index (κ2) is 4.54. The summed E-state index contributed by atoms with van der Waals surface area (Å²) in [7, 11) is 0. The van der Waals surface area contributed by atoms with Gasteiger partial charge >= 0.3 is 0 Å². The predicted octanol–water partition coefficient (Wildman–Crippen LogP) is 2.95. The third-order valence-electron chi connectivity index (χ3n) is 2.31. The molecule has 1 aromatic heterocycles. The Morgan fingerprint density at radius 1 is 1.25 bits per heavy atom. The molecular weight excluding hydrogens is 203 g/mol. The summed E-state index contributed by atoms with van der Waals surface area (Å²) in [4.78, 5) is 4.00. The van der Waals surface area contributed by atoms with Crippen molar-refractivity contribution in [1.82, 2.24) is 4.98 Å². The van der Waals surface area contributed by atoms with Gasteiger partial charge in [-0.1, -0.05) is 12.1 Å². The third kappa shape index (κ3) is 2.06. The quantitative estimate of drug-likeness (QED) is 0.767. The molecule has 0 amide bonds. The van der Waals surface area contributed by atoms with Crippen LogP contribution in [0.1, 0.15) is 5.56 Å². The number of pyridine rings is 1. The second-order valence-corrected chi connectivity index (χ2v) is 3.38. The van der Waals surface area contributed by atoms with Crippen molar-refractivity contribution in [1.29, 1.82) is 5.26 Å². The number of hydrogen-bond donors (Lipinski definition) is 0. The molecule has 0 aliphatic heterocycles. The van der Waals surface area contributed by atoms with Gasteiger partial charge in [0.05, 0.1) is 12.5 Å². The van der Waals surface area contributed by atoms with Crippen LogP contribution in [0.2, 0.25) is 0 Å². The minimum absolute atomic E-state index is 0.0833. The molecule has 78 valence electrons. The molecule has 0 fully saturated rings. The highest BCUT2D eigenvalue weighted by molar-refractivity contribution is 5.63. The summed E-state index contributed by atoms with van der Waals surface area (Å²) < 4.78 is 13.3. The number of hydrogen-bond acceptors (Lipinski definition) is 2. The van der Waals surface area contributed by atoms with Crippen LogP contribution in [0.15, 0.2) is 42.7 Å². The molecule has 0 spiro atoms. The SMILES string of the molecule is N#CCc1cc(-c2cccnc2)ccc1F. The Balaban J connectivity index is 2.45. The van der Waals surface area contributed by atoms with Crippen LogP contribution in [0.5, 0.6) is 0 Å². The van der Waals surface area contributed by atoms with E-state index in [1.165, 1.54) is 6.07 Å². The maximum absolute atomic E-state index is 13.3. The molecule has 0 saturated carbocycles. The topological polar surface area (TPSA) is 36.7 Å². The van der Waals surface area contributed by atoms with Gasteiger partial charge in [-0.15, -0.1) is 0 Å². The van der Waals surface area contributed by atoms with Crippen LogP contribution in [0.4, 0.5) is 4.39 Å². The highest BCUT2D eigenvalue weighted by atomic mass is 19.1. The van der Waals surface area contributed by atoms with E-state index in [4.69, 9.17) is 5.26 Å². The largest absolute Gasteiger partial charge is 0.264 e. The fraction of sp³-hybridized carbons (Fsp3) is 0.0769.